The number of likely N-dealkylation sites (tertiary alicyclic amines) is 1. The average Bonchev–Trinajstić information content (AvgIpc) is 2.28. The van der Waals surface area contributed by atoms with E-state index in [-0.39, 0.29) is 17.9 Å². The van der Waals surface area contributed by atoms with Crippen molar-refractivity contribution in [3.63, 3.8) is 0 Å². The zero-order valence-corrected chi connectivity index (χ0v) is 10.2. The molecular formula is C11H20N2O3. The van der Waals surface area contributed by atoms with Crippen LogP contribution in [0, 0.1) is 0 Å². The van der Waals surface area contributed by atoms with Gasteiger partial charge in [-0.05, 0) is 19.4 Å². The molecule has 1 amide bonds. The Balaban J connectivity index is 2.60. The standard InChI is InChI=1S/C11H20N2O3/c1-12(2)10(14)8-13-7-5-4-6-9(13)11(15)16-3/h9H,4-8H2,1-3H3/t9-/m1/s1. The summed E-state index contributed by atoms with van der Waals surface area (Å²) in [6, 6.07) is -0.248. The lowest BCUT2D eigenvalue weighted by molar-refractivity contribution is -0.149. The molecule has 1 atom stereocenters. The summed E-state index contributed by atoms with van der Waals surface area (Å²) in [6.07, 6.45) is 2.84. The van der Waals surface area contributed by atoms with Gasteiger partial charge in [-0.15, -0.1) is 0 Å². The van der Waals surface area contributed by atoms with Gasteiger partial charge in [0.05, 0.1) is 13.7 Å². The van der Waals surface area contributed by atoms with Crippen molar-refractivity contribution in [2.24, 2.45) is 0 Å². The predicted molar refractivity (Wildman–Crippen MR) is 59.9 cm³/mol. The minimum absolute atomic E-state index is 0.0239. The van der Waals surface area contributed by atoms with Gasteiger partial charge in [0.1, 0.15) is 6.04 Å². The van der Waals surface area contributed by atoms with Gasteiger partial charge in [0.25, 0.3) is 0 Å². The van der Waals surface area contributed by atoms with Crippen molar-refractivity contribution in [2.45, 2.75) is 25.3 Å². The van der Waals surface area contributed by atoms with E-state index in [9.17, 15) is 9.59 Å². The van der Waals surface area contributed by atoms with Gasteiger partial charge in [-0.2, -0.15) is 0 Å². The molecule has 16 heavy (non-hydrogen) atoms. The molecule has 0 aromatic carbocycles. The Bertz CT molecular complexity index is 266. The van der Waals surface area contributed by atoms with Crippen molar-refractivity contribution < 1.29 is 14.3 Å². The molecule has 92 valence electrons. The Kier molecular flexibility index (Phi) is 4.73. The summed E-state index contributed by atoms with van der Waals surface area (Å²) in [7, 11) is 4.84. The van der Waals surface area contributed by atoms with Crippen molar-refractivity contribution in [1.82, 2.24) is 9.80 Å². The van der Waals surface area contributed by atoms with E-state index in [2.05, 4.69) is 0 Å². The van der Waals surface area contributed by atoms with Crippen LogP contribution in [-0.4, -0.2) is 62.0 Å². The van der Waals surface area contributed by atoms with Gasteiger partial charge in [-0.25, -0.2) is 0 Å². The molecule has 0 radical (unpaired) electrons. The maximum absolute atomic E-state index is 11.6. The summed E-state index contributed by atoms with van der Waals surface area (Å²) in [6.45, 7) is 1.09. The third-order valence-electron chi connectivity index (χ3n) is 2.92. The van der Waals surface area contributed by atoms with Gasteiger partial charge >= 0.3 is 5.97 Å². The molecule has 5 heteroatoms. The molecule has 1 saturated heterocycles. The SMILES string of the molecule is COC(=O)[C@H]1CCCCN1CC(=O)N(C)C. The van der Waals surface area contributed by atoms with Crippen molar-refractivity contribution in [3.8, 4) is 0 Å². The van der Waals surface area contributed by atoms with Crippen molar-refractivity contribution in [2.75, 3.05) is 34.3 Å². The highest BCUT2D eigenvalue weighted by molar-refractivity contribution is 5.80. The Morgan fingerprint density at radius 2 is 2.06 bits per heavy atom. The third-order valence-corrected chi connectivity index (χ3v) is 2.92. The molecule has 0 unspecified atom stereocenters. The minimum Gasteiger partial charge on any atom is -0.468 e. The number of amides is 1. The fourth-order valence-electron chi connectivity index (χ4n) is 1.90. The first-order chi connectivity index (χ1) is 7.56. The first kappa shape index (κ1) is 13.0. The lowest BCUT2D eigenvalue weighted by Gasteiger charge is -2.33. The van der Waals surface area contributed by atoms with Gasteiger partial charge in [0.2, 0.25) is 5.91 Å². The maximum atomic E-state index is 11.6. The number of nitrogens with zero attached hydrogens (tertiary/aromatic N) is 2. The number of ether oxygens (including phenoxy) is 1. The lowest BCUT2D eigenvalue weighted by atomic mass is 10.0. The summed E-state index contributed by atoms with van der Waals surface area (Å²) in [5, 5.41) is 0. The second-order valence-corrected chi connectivity index (χ2v) is 4.29. The number of piperidine rings is 1. The molecule has 0 bridgehead atoms. The summed E-state index contributed by atoms with van der Waals surface area (Å²) in [5.41, 5.74) is 0. The largest absolute Gasteiger partial charge is 0.468 e. The Labute approximate surface area is 96.3 Å². The second kappa shape index (κ2) is 5.84. The van der Waals surface area contributed by atoms with E-state index < -0.39 is 0 Å². The molecule has 0 spiro atoms. The maximum Gasteiger partial charge on any atom is 0.323 e. The molecule has 0 aromatic rings. The number of rotatable bonds is 3. The third kappa shape index (κ3) is 3.20. The molecule has 1 fully saturated rings. The summed E-state index contributed by atoms with van der Waals surface area (Å²) in [5.74, 6) is -0.206. The topological polar surface area (TPSA) is 49.9 Å². The second-order valence-electron chi connectivity index (χ2n) is 4.29. The number of likely N-dealkylation sites (N-methyl/N-ethyl adjacent to an activating group) is 1. The lowest BCUT2D eigenvalue weighted by Crippen LogP contribution is -2.49. The van der Waals surface area contributed by atoms with E-state index in [4.69, 9.17) is 4.74 Å². The summed E-state index contributed by atoms with van der Waals surface area (Å²) in [4.78, 5) is 26.6. The normalized spacial score (nSPS) is 21.6. The summed E-state index contributed by atoms with van der Waals surface area (Å²) < 4.78 is 4.76. The first-order valence-electron chi connectivity index (χ1n) is 5.58. The van der Waals surface area contributed by atoms with Crippen LogP contribution in [0.3, 0.4) is 0 Å². The van der Waals surface area contributed by atoms with Gasteiger partial charge < -0.3 is 9.64 Å². The fraction of sp³-hybridized carbons (Fsp3) is 0.818. The van der Waals surface area contributed by atoms with Crippen LogP contribution in [0.15, 0.2) is 0 Å². The van der Waals surface area contributed by atoms with Crippen LogP contribution in [0.2, 0.25) is 0 Å². The van der Waals surface area contributed by atoms with Crippen LogP contribution in [0.1, 0.15) is 19.3 Å². The highest BCUT2D eigenvalue weighted by Crippen LogP contribution is 2.17. The van der Waals surface area contributed by atoms with Crippen molar-refractivity contribution >= 4 is 11.9 Å². The number of carbonyl (C=O) groups is 2. The molecule has 0 saturated carbocycles. The number of esters is 1. The fourth-order valence-corrected chi connectivity index (χ4v) is 1.90. The van der Waals surface area contributed by atoms with E-state index >= 15 is 0 Å². The van der Waals surface area contributed by atoms with Crippen LogP contribution in [-0.2, 0) is 14.3 Å². The number of hydrogen-bond donors (Lipinski definition) is 0. The highest BCUT2D eigenvalue weighted by Gasteiger charge is 2.30. The zero-order chi connectivity index (χ0) is 12.1. The van der Waals surface area contributed by atoms with Gasteiger partial charge in [0.15, 0.2) is 0 Å². The molecule has 1 aliphatic rings. The average molecular weight is 228 g/mol. The Morgan fingerprint density at radius 3 is 2.62 bits per heavy atom. The van der Waals surface area contributed by atoms with Crippen LogP contribution < -0.4 is 0 Å². The van der Waals surface area contributed by atoms with Gasteiger partial charge in [-0.1, -0.05) is 6.42 Å². The number of hydrogen-bond acceptors (Lipinski definition) is 4. The molecule has 1 aliphatic heterocycles. The van der Waals surface area contributed by atoms with E-state index in [0.29, 0.717) is 6.54 Å². The highest BCUT2D eigenvalue weighted by atomic mass is 16.5. The minimum atomic E-state index is -0.248. The Hall–Kier alpha value is -1.10. The molecule has 1 heterocycles. The molecule has 0 aliphatic carbocycles. The van der Waals surface area contributed by atoms with Crippen LogP contribution >= 0.6 is 0 Å². The monoisotopic (exact) mass is 228 g/mol. The smallest absolute Gasteiger partial charge is 0.323 e. The van der Waals surface area contributed by atoms with E-state index in [0.717, 1.165) is 25.8 Å². The van der Waals surface area contributed by atoms with Crippen molar-refractivity contribution in [3.05, 3.63) is 0 Å². The van der Waals surface area contributed by atoms with E-state index in [1.54, 1.807) is 19.0 Å². The van der Waals surface area contributed by atoms with Crippen LogP contribution in [0.4, 0.5) is 0 Å². The Morgan fingerprint density at radius 1 is 1.38 bits per heavy atom. The van der Waals surface area contributed by atoms with Crippen molar-refractivity contribution in [1.29, 1.82) is 0 Å². The molecule has 5 nitrogen and oxygen atoms in total. The predicted octanol–water partition coefficient (Wildman–Crippen LogP) is 0.102. The molecule has 0 N–H and O–H groups in total. The van der Waals surface area contributed by atoms with Gasteiger partial charge in [0, 0.05) is 14.1 Å². The molecule has 0 aromatic heterocycles. The number of carbonyl (C=O) groups excluding carboxylic acids is 2. The van der Waals surface area contributed by atoms with Gasteiger partial charge in [-0.3, -0.25) is 14.5 Å². The zero-order valence-electron chi connectivity index (χ0n) is 10.2. The summed E-state index contributed by atoms with van der Waals surface area (Å²) >= 11 is 0. The number of methoxy groups -OCH3 is 1. The van der Waals surface area contributed by atoms with E-state index in [1.807, 2.05) is 4.90 Å². The van der Waals surface area contributed by atoms with Crippen LogP contribution in [0.5, 0.6) is 0 Å². The van der Waals surface area contributed by atoms with Crippen LogP contribution in [0.25, 0.3) is 0 Å². The first-order valence-corrected chi connectivity index (χ1v) is 5.58. The quantitative estimate of drug-likeness (QED) is 0.643. The molecule has 1 rings (SSSR count). The molecular weight excluding hydrogens is 208 g/mol. The van der Waals surface area contributed by atoms with E-state index in [1.165, 1.54) is 7.11 Å².